The predicted octanol–water partition coefficient (Wildman–Crippen LogP) is 1.73. The maximum atomic E-state index is 12.2. The number of carboxylic acids is 1. The van der Waals surface area contributed by atoms with Crippen molar-refractivity contribution in [1.82, 2.24) is 9.88 Å². The second-order valence-corrected chi connectivity index (χ2v) is 6.18. The number of nitrogens with zero attached hydrogens (tertiary/aromatic N) is 2. The molecule has 7 nitrogen and oxygen atoms in total. The number of carbonyl (C=O) groups is 2. The number of anilines is 1. The first-order valence-electron chi connectivity index (χ1n) is 6.96. The number of carbonyl (C=O) groups excluding carboxylic acids is 1. The van der Waals surface area contributed by atoms with Gasteiger partial charge in [-0.25, -0.2) is 9.78 Å². The highest BCUT2D eigenvalue weighted by molar-refractivity contribution is 7.13. The molecule has 1 saturated carbocycles. The minimum absolute atomic E-state index is 0.0904. The van der Waals surface area contributed by atoms with Gasteiger partial charge < -0.3 is 14.7 Å². The van der Waals surface area contributed by atoms with E-state index in [1.54, 1.807) is 4.90 Å². The first kappa shape index (κ1) is 14.3. The Balaban J connectivity index is 1.54. The van der Waals surface area contributed by atoms with Crippen LogP contribution in [0.2, 0.25) is 0 Å². The van der Waals surface area contributed by atoms with E-state index in [0.717, 1.165) is 5.69 Å². The third-order valence-electron chi connectivity index (χ3n) is 3.56. The summed E-state index contributed by atoms with van der Waals surface area (Å²) in [6.07, 6.45) is 1.82. The number of aromatic nitrogens is 1. The van der Waals surface area contributed by atoms with Crippen molar-refractivity contribution in [1.29, 1.82) is 0 Å². The van der Waals surface area contributed by atoms with Crippen LogP contribution in [0.15, 0.2) is 5.38 Å². The number of thiazole rings is 1. The Morgan fingerprint density at radius 3 is 3.05 bits per heavy atom. The Labute approximate surface area is 125 Å². The number of urea groups is 1. The molecule has 3 rings (SSSR count). The number of hydrogen-bond donors (Lipinski definition) is 2. The van der Waals surface area contributed by atoms with Crippen LogP contribution in [-0.2, 0) is 9.53 Å². The summed E-state index contributed by atoms with van der Waals surface area (Å²) in [6.45, 7) is 1.11. The Kier molecular flexibility index (Phi) is 4.07. The van der Waals surface area contributed by atoms with Gasteiger partial charge in [-0.1, -0.05) is 0 Å². The van der Waals surface area contributed by atoms with Crippen molar-refractivity contribution in [3.63, 3.8) is 0 Å². The molecule has 114 valence electrons. The molecule has 0 spiro atoms. The van der Waals surface area contributed by atoms with E-state index in [0.29, 0.717) is 30.7 Å². The van der Waals surface area contributed by atoms with Gasteiger partial charge in [0, 0.05) is 24.4 Å². The molecule has 0 aromatic carbocycles. The van der Waals surface area contributed by atoms with E-state index >= 15 is 0 Å². The van der Waals surface area contributed by atoms with Crippen LogP contribution in [0.3, 0.4) is 0 Å². The van der Waals surface area contributed by atoms with Gasteiger partial charge in [0.05, 0.1) is 24.8 Å². The number of hydrogen-bond acceptors (Lipinski definition) is 5. The second-order valence-electron chi connectivity index (χ2n) is 5.32. The Morgan fingerprint density at radius 2 is 2.33 bits per heavy atom. The number of amides is 2. The van der Waals surface area contributed by atoms with Crippen LogP contribution in [0.5, 0.6) is 0 Å². The quantitative estimate of drug-likeness (QED) is 0.883. The predicted molar refractivity (Wildman–Crippen MR) is 76.7 cm³/mol. The largest absolute Gasteiger partial charge is 0.481 e. The Bertz CT molecular complexity index is 543. The fourth-order valence-electron chi connectivity index (χ4n) is 2.30. The minimum atomic E-state index is -0.920. The molecule has 1 saturated heterocycles. The van der Waals surface area contributed by atoms with E-state index in [4.69, 9.17) is 9.84 Å². The molecule has 2 N–H and O–H groups in total. The molecular weight excluding hydrogens is 294 g/mol. The summed E-state index contributed by atoms with van der Waals surface area (Å²) in [5.74, 6) is -0.355. The van der Waals surface area contributed by atoms with E-state index in [1.165, 1.54) is 24.2 Å². The summed E-state index contributed by atoms with van der Waals surface area (Å²) in [7, 11) is 0. The standard InChI is InChI=1S/C13H17N3O4S/c17-11(18)5-9-6-16(3-4-20-9)13(19)15-12-14-10(7-21-12)8-1-2-8/h7-9H,1-6H2,(H,17,18)(H,14,15,19). The first-order valence-corrected chi connectivity index (χ1v) is 7.84. The highest BCUT2D eigenvalue weighted by Crippen LogP contribution is 2.40. The fraction of sp³-hybridized carbons (Fsp3) is 0.615. The van der Waals surface area contributed by atoms with Crippen molar-refractivity contribution < 1.29 is 19.4 Å². The van der Waals surface area contributed by atoms with Crippen molar-refractivity contribution in [2.45, 2.75) is 31.3 Å². The third-order valence-corrected chi connectivity index (χ3v) is 4.34. The van der Waals surface area contributed by atoms with Gasteiger partial charge in [0.2, 0.25) is 0 Å². The Morgan fingerprint density at radius 1 is 1.52 bits per heavy atom. The topological polar surface area (TPSA) is 91.8 Å². The maximum Gasteiger partial charge on any atom is 0.323 e. The molecule has 1 aromatic heterocycles. The van der Waals surface area contributed by atoms with Crippen LogP contribution >= 0.6 is 11.3 Å². The monoisotopic (exact) mass is 311 g/mol. The summed E-state index contributed by atoms with van der Waals surface area (Å²) < 4.78 is 5.35. The molecule has 2 fully saturated rings. The molecule has 1 aromatic rings. The van der Waals surface area contributed by atoms with Crippen LogP contribution in [0, 0.1) is 0 Å². The van der Waals surface area contributed by atoms with Gasteiger partial charge in [0.25, 0.3) is 0 Å². The average Bonchev–Trinajstić information content (AvgIpc) is 3.19. The van der Waals surface area contributed by atoms with Gasteiger partial charge in [-0.15, -0.1) is 11.3 Å². The SMILES string of the molecule is O=C(O)CC1CN(C(=O)Nc2nc(C3CC3)cs2)CCO1. The second kappa shape index (κ2) is 5.98. The van der Waals surface area contributed by atoms with Gasteiger partial charge in [-0.05, 0) is 12.8 Å². The normalized spacial score (nSPS) is 22.1. The molecule has 2 amide bonds. The highest BCUT2D eigenvalue weighted by Gasteiger charge is 2.28. The highest BCUT2D eigenvalue weighted by atomic mass is 32.1. The van der Waals surface area contributed by atoms with Crippen molar-refractivity contribution in [3.05, 3.63) is 11.1 Å². The van der Waals surface area contributed by atoms with Crippen LogP contribution in [0.1, 0.15) is 30.9 Å². The number of rotatable bonds is 4. The van der Waals surface area contributed by atoms with E-state index in [-0.39, 0.29) is 12.5 Å². The van der Waals surface area contributed by atoms with Crippen molar-refractivity contribution in [3.8, 4) is 0 Å². The van der Waals surface area contributed by atoms with Gasteiger partial charge >= 0.3 is 12.0 Å². The maximum absolute atomic E-state index is 12.2. The minimum Gasteiger partial charge on any atom is -0.481 e. The Hall–Kier alpha value is -1.67. The third kappa shape index (κ3) is 3.70. The van der Waals surface area contributed by atoms with Gasteiger partial charge in [0.15, 0.2) is 5.13 Å². The molecule has 0 radical (unpaired) electrons. The van der Waals surface area contributed by atoms with Crippen LogP contribution in [-0.4, -0.2) is 52.8 Å². The van der Waals surface area contributed by atoms with Crippen LogP contribution in [0.25, 0.3) is 0 Å². The summed E-state index contributed by atoms with van der Waals surface area (Å²) in [6, 6.07) is -0.245. The van der Waals surface area contributed by atoms with Gasteiger partial charge in [-0.3, -0.25) is 10.1 Å². The van der Waals surface area contributed by atoms with E-state index < -0.39 is 12.1 Å². The van der Waals surface area contributed by atoms with Crippen molar-refractivity contribution in [2.24, 2.45) is 0 Å². The molecule has 2 heterocycles. The van der Waals surface area contributed by atoms with E-state index in [9.17, 15) is 9.59 Å². The van der Waals surface area contributed by atoms with E-state index in [2.05, 4.69) is 10.3 Å². The number of aliphatic carboxylic acids is 1. The van der Waals surface area contributed by atoms with Crippen LogP contribution < -0.4 is 5.32 Å². The van der Waals surface area contributed by atoms with Crippen molar-refractivity contribution >= 4 is 28.5 Å². The van der Waals surface area contributed by atoms with Crippen molar-refractivity contribution in [2.75, 3.05) is 25.0 Å². The molecule has 1 unspecified atom stereocenters. The molecular formula is C13H17N3O4S. The zero-order chi connectivity index (χ0) is 14.8. The van der Waals surface area contributed by atoms with Crippen LogP contribution in [0.4, 0.5) is 9.93 Å². The van der Waals surface area contributed by atoms with Gasteiger partial charge in [0.1, 0.15) is 0 Å². The zero-order valence-corrected chi connectivity index (χ0v) is 12.3. The lowest BCUT2D eigenvalue weighted by Crippen LogP contribution is -2.47. The summed E-state index contributed by atoms with van der Waals surface area (Å²) in [5.41, 5.74) is 1.06. The lowest BCUT2D eigenvalue weighted by Gasteiger charge is -2.32. The summed E-state index contributed by atoms with van der Waals surface area (Å²) in [4.78, 5) is 28.9. The number of carboxylic acid groups (broad SMARTS) is 1. The number of morpholine rings is 1. The molecule has 1 aliphatic heterocycles. The van der Waals surface area contributed by atoms with E-state index in [1.807, 2.05) is 5.38 Å². The van der Waals surface area contributed by atoms with Gasteiger partial charge in [-0.2, -0.15) is 0 Å². The smallest absolute Gasteiger partial charge is 0.323 e. The lowest BCUT2D eigenvalue weighted by molar-refractivity contribution is -0.141. The molecule has 21 heavy (non-hydrogen) atoms. The molecule has 1 atom stereocenters. The zero-order valence-electron chi connectivity index (χ0n) is 11.4. The summed E-state index contributed by atoms with van der Waals surface area (Å²) >= 11 is 1.43. The lowest BCUT2D eigenvalue weighted by atomic mass is 10.2. The molecule has 8 heteroatoms. The summed E-state index contributed by atoms with van der Waals surface area (Å²) in [5, 5.41) is 14.1. The number of nitrogens with one attached hydrogen (secondary N) is 1. The molecule has 1 aliphatic carbocycles. The molecule has 0 bridgehead atoms. The molecule has 2 aliphatic rings. The number of ether oxygens (including phenoxy) is 1. The average molecular weight is 311 g/mol. The fourth-order valence-corrected chi connectivity index (χ4v) is 3.08. The first-order chi connectivity index (χ1) is 10.1.